The van der Waals surface area contributed by atoms with Gasteiger partial charge in [-0.3, -0.25) is 4.79 Å². The van der Waals surface area contributed by atoms with E-state index in [0.717, 1.165) is 24.1 Å². The van der Waals surface area contributed by atoms with Gasteiger partial charge in [0.2, 0.25) is 5.91 Å². The summed E-state index contributed by atoms with van der Waals surface area (Å²) in [6, 6.07) is 15.7. The highest BCUT2D eigenvalue weighted by molar-refractivity contribution is 5.92. The fourth-order valence-electron chi connectivity index (χ4n) is 3.12. The molecule has 0 radical (unpaired) electrons. The molecule has 22 heavy (non-hydrogen) atoms. The van der Waals surface area contributed by atoms with Crippen LogP contribution in [-0.4, -0.2) is 5.91 Å². The Morgan fingerprint density at radius 2 is 1.82 bits per heavy atom. The number of carbonyl (C=O) groups is 1. The molecule has 0 fully saturated rings. The van der Waals surface area contributed by atoms with Crippen LogP contribution in [0, 0.1) is 0 Å². The number of benzene rings is 2. The van der Waals surface area contributed by atoms with Gasteiger partial charge in [-0.05, 0) is 48.4 Å². The first kappa shape index (κ1) is 14.8. The summed E-state index contributed by atoms with van der Waals surface area (Å²) in [5, 5.41) is 3.05. The van der Waals surface area contributed by atoms with Crippen LogP contribution in [0.2, 0.25) is 0 Å². The summed E-state index contributed by atoms with van der Waals surface area (Å²) in [5.74, 6) is -0.0182. The number of nitrogens with one attached hydrogen (secondary N) is 1. The molecule has 0 aliphatic heterocycles. The first-order valence-corrected chi connectivity index (χ1v) is 7.95. The molecule has 2 aromatic carbocycles. The van der Waals surface area contributed by atoms with Crippen LogP contribution in [0.15, 0.2) is 48.5 Å². The molecule has 0 bridgehead atoms. The molecule has 1 aliphatic rings. The van der Waals surface area contributed by atoms with Gasteiger partial charge in [0.1, 0.15) is 0 Å². The number of hydrogen-bond donors (Lipinski definition) is 2. The molecular weight excluding hydrogens is 272 g/mol. The number of nitrogens with two attached hydrogens (primary N) is 1. The quantitative estimate of drug-likeness (QED) is 0.905. The van der Waals surface area contributed by atoms with Crippen LogP contribution in [0.5, 0.6) is 0 Å². The zero-order valence-electron chi connectivity index (χ0n) is 12.7. The van der Waals surface area contributed by atoms with Crippen molar-refractivity contribution in [3.63, 3.8) is 0 Å². The fraction of sp³-hybridized carbons (Fsp3) is 0.316. The van der Waals surface area contributed by atoms with Gasteiger partial charge in [0.15, 0.2) is 0 Å². The van der Waals surface area contributed by atoms with Gasteiger partial charge < -0.3 is 11.1 Å². The highest BCUT2D eigenvalue weighted by Crippen LogP contribution is 2.28. The number of rotatable bonds is 4. The van der Waals surface area contributed by atoms with Crippen molar-refractivity contribution >= 4 is 11.6 Å². The van der Waals surface area contributed by atoms with Gasteiger partial charge in [-0.1, -0.05) is 42.5 Å². The summed E-state index contributed by atoms with van der Waals surface area (Å²) in [4.78, 5) is 12.3. The minimum Gasteiger partial charge on any atom is -0.326 e. The predicted octanol–water partition coefficient (Wildman–Crippen LogP) is 3.59. The average Bonchev–Trinajstić information content (AvgIpc) is 2.56. The maximum atomic E-state index is 12.3. The fourth-order valence-corrected chi connectivity index (χ4v) is 3.12. The molecule has 1 atom stereocenters. The topological polar surface area (TPSA) is 55.1 Å². The Balaban J connectivity index is 1.67. The van der Waals surface area contributed by atoms with Gasteiger partial charge in [0.05, 0.1) is 0 Å². The smallest absolute Gasteiger partial charge is 0.226 e. The second-order valence-corrected chi connectivity index (χ2v) is 5.92. The van der Waals surface area contributed by atoms with Crippen molar-refractivity contribution in [2.45, 2.75) is 38.1 Å². The van der Waals surface area contributed by atoms with Crippen LogP contribution in [-0.2, 0) is 17.6 Å². The van der Waals surface area contributed by atoms with Crippen LogP contribution in [0.1, 0.15) is 42.0 Å². The van der Waals surface area contributed by atoms with E-state index in [1.54, 1.807) is 0 Å². The molecule has 114 valence electrons. The molecular formula is C19H22N2O. The van der Waals surface area contributed by atoms with Crippen molar-refractivity contribution in [3.05, 3.63) is 65.2 Å². The Kier molecular flexibility index (Phi) is 4.54. The molecule has 0 aromatic heterocycles. The highest BCUT2D eigenvalue weighted by atomic mass is 16.1. The van der Waals surface area contributed by atoms with E-state index in [0.29, 0.717) is 6.42 Å². The van der Waals surface area contributed by atoms with Crippen molar-refractivity contribution in [3.8, 4) is 0 Å². The predicted molar refractivity (Wildman–Crippen MR) is 89.7 cm³/mol. The van der Waals surface area contributed by atoms with Crippen LogP contribution in [0.25, 0.3) is 0 Å². The van der Waals surface area contributed by atoms with Crippen LogP contribution in [0.3, 0.4) is 0 Å². The van der Waals surface area contributed by atoms with Crippen molar-refractivity contribution < 1.29 is 4.79 Å². The summed E-state index contributed by atoms with van der Waals surface area (Å²) < 4.78 is 0. The lowest BCUT2D eigenvalue weighted by molar-refractivity contribution is -0.116. The third-order valence-electron chi connectivity index (χ3n) is 4.30. The zero-order chi connectivity index (χ0) is 15.4. The third kappa shape index (κ3) is 3.37. The first-order valence-electron chi connectivity index (χ1n) is 7.95. The summed E-state index contributed by atoms with van der Waals surface area (Å²) >= 11 is 0. The van der Waals surface area contributed by atoms with Crippen molar-refractivity contribution in [1.82, 2.24) is 0 Å². The number of aryl methyl sites for hydroxylation is 1. The molecule has 1 aliphatic carbocycles. The Morgan fingerprint density at radius 3 is 2.64 bits per heavy atom. The van der Waals surface area contributed by atoms with E-state index in [1.807, 2.05) is 42.5 Å². The SMILES string of the molecule is NC(CC(=O)Nc1cccc2c1CCCC2)c1ccccc1. The van der Waals surface area contributed by atoms with Crippen molar-refractivity contribution in [2.75, 3.05) is 5.32 Å². The van der Waals surface area contributed by atoms with Crippen LogP contribution < -0.4 is 11.1 Å². The second-order valence-electron chi connectivity index (χ2n) is 5.92. The minimum atomic E-state index is -0.263. The Labute approximate surface area is 131 Å². The van der Waals surface area contributed by atoms with E-state index in [4.69, 9.17) is 5.73 Å². The van der Waals surface area contributed by atoms with E-state index in [2.05, 4.69) is 11.4 Å². The number of fused-ring (bicyclic) bond motifs is 1. The maximum absolute atomic E-state index is 12.3. The normalized spacial score (nSPS) is 15.0. The number of carbonyl (C=O) groups excluding carboxylic acids is 1. The standard InChI is InChI=1S/C19H22N2O/c20-17(15-8-2-1-3-9-15)13-19(22)21-18-12-6-10-14-7-4-5-11-16(14)18/h1-3,6,8-10,12,17H,4-5,7,11,13,20H2,(H,21,22). The van der Waals surface area contributed by atoms with E-state index in [1.165, 1.54) is 24.0 Å². The van der Waals surface area contributed by atoms with E-state index >= 15 is 0 Å². The molecule has 3 N–H and O–H groups in total. The first-order chi connectivity index (χ1) is 10.7. The summed E-state index contributed by atoms with van der Waals surface area (Å²) in [5.41, 5.74) is 10.8. The molecule has 3 heteroatoms. The van der Waals surface area contributed by atoms with Gasteiger partial charge in [-0.15, -0.1) is 0 Å². The Hall–Kier alpha value is -2.13. The van der Waals surface area contributed by atoms with Crippen molar-refractivity contribution in [1.29, 1.82) is 0 Å². The van der Waals surface area contributed by atoms with Gasteiger partial charge in [0.25, 0.3) is 0 Å². The van der Waals surface area contributed by atoms with Crippen LogP contribution >= 0.6 is 0 Å². The molecule has 0 heterocycles. The molecule has 0 spiro atoms. The number of anilines is 1. The second kappa shape index (κ2) is 6.75. The largest absolute Gasteiger partial charge is 0.326 e. The van der Waals surface area contributed by atoms with Crippen LogP contribution in [0.4, 0.5) is 5.69 Å². The molecule has 0 saturated heterocycles. The Bertz CT molecular complexity index is 652. The average molecular weight is 294 g/mol. The van der Waals surface area contributed by atoms with E-state index < -0.39 is 0 Å². The van der Waals surface area contributed by atoms with E-state index in [9.17, 15) is 4.79 Å². The summed E-state index contributed by atoms with van der Waals surface area (Å²) in [6.45, 7) is 0. The molecule has 2 aromatic rings. The number of amides is 1. The lowest BCUT2D eigenvalue weighted by atomic mass is 9.90. The summed E-state index contributed by atoms with van der Waals surface area (Å²) in [7, 11) is 0. The summed E-state index contributed by atoms with van der Waals surface area (Å²) in [6.07, 6.45) is 4.90. The molecule has 1 unspecified atom stereocenters. The minimum absolute atomic E-state index is 0.0182. The van der Waals surface area contributed by atoms with Gasteiger partial charge >= 0.3 is 0 Å². The van der Waals surface area contributed by atoms with Gasteiger partial charge in [-0.25, -0.2) is 0 Å². The zero-order valence-corrected chi connectivity index (χ0v) is 12.7. The highest BCUT2D eigenvalue weighted by Gasteiger charge is 2.16. The van der Waals surface area contributed by atoms with Crippen molar-refractivity contribution in [2.24, 2.45) is 5.73 Å². The Morgan fingerprint density at radius 1 is 1.05 bits per heavy atom. The van der Waals surface area contributed by atoms with E-state index in [-0.39, 0.29) is 11.9 Å². The number of hydrogen-bond acceptors (Lipinski definition) is 2. The lowest BCUT2D eigenvalue weighted by Gasteiger charge is -2.20. The molecule has 1 amide bonds. The molecule has 3 nitrogen and oxygen atoms in total. The maximum Gasteiger partial charge on any atom is 0.226 e. The third-order valence-corrected chi connectivity index (χ3v) is 4.30. The van der Waals surface area contributed by atoms with Gasteiger partial charge in [0, 0.05) is 18.2 Å². The monoisotopic (exact) mass is 294 g/mol. The molecule has 3 rings (SSSR count). The molecule has 0 saturated carbocycles. The lowest BCUT2D eigenvalue weighted by Crippen LogP contribution is -2.21. The van der Waals surface area contributed by atoms with Gasteiger partial charge in [-0.2, -0.15) is 0 Å².